The summed E-state index contributed by atoms with van der Waals surface area (Å²) in [5.41, 5.74) is 0.843. The number of nitrogens with zero attached hydrogens (tertiary/aromatic N) is 1. The molecule has 1 saturated carbocycles. The third kappa shape index (κ3) is 2.64. The van der Waals surface area contributed by atoms with Crippen LogP contribution in [-0.4, -0.2) is 31.1 Å². The summed E-state index contributed by atoms with van der Waals surface area (Å²) in [5.74, 6) is 0.0529. The Hall–Kier alpha value is -1.42. The van der Waals surface area contributed by atoms with Gasteiger partial charge in [0.2, 0.25) is 0 Å². The second kappa shape index (κ2) is 4.84. The minimum atomic E-state index is -0.378. The number of aliphatic hydroxyl groups is 1. The average Bonchev–Trinajstić information content (AvgIpc) is 2.26. The third-order valence-electron chi connectivity index (χ3n) is 3.26. The summed E-state index contributed by atoms with van der Waals surface area (Å²) in [6.45, 7) is 0.731. The molecule has 0 spiro atoms. The lowest BCUT2D eigenvalue weighted by atomic mass is 9.82. The quantitative estimate of drug-likeness (QED) is 0.812. The van der Waals surface area contributed by atoms with Gasteiger partial charge < -0.3 is 10.0 Å². The lowest BCUT2D eigenvalue weighted by molar-refractivity contribution is 0.0464. The van der Waals surface area contributed by atoms with Gasteiger partial charge in [-0.2, -0.15) is 0 Å². The topological polar surface area (TPSA) is 40.5 Å². The van der Waals surface area contributed by atoms with Gasteiger partial charge in [-0.3, -0.25) is 4.79 Å². The first kappa shape index (κ1) is 12.0. The van der Waals surface area contributed by atoms with Crippen LogP contribution in [0.2, 0.25) is 0 Å². The summed E-state index contributed by atoms with van der Waals surface area (Å²) in [7, 11) is 1.82. The number of hydrogen-bond acceptors (Lipinski definition) is 3. The Morgan fingerprint density at radius 2 is 2.24 bits per heavy atom. The van der Waals surface area contributed by atoms with Crippen molar-refractivity contribution in [1.82, 2.24) is 0 Å². The van der Waals surface area contributed by atoms with Gasteiger partial charge in [0.25, 0.3) is 0 Å². The summed E-state index contributed by atoms with van der Waals surface area (Å²) >= 11 is 0. The Morgan fingerprint density at radius 1 is 1.53 bits per heavy atom. The predicted octanol–water partition coefficient (Wildman–Crippen LogP) is 1.85. The number of carbonyl (C=O) groups excluding carboxylic acids is 1. The second-order valence-electron chi connectivity index (χ2n) is 4.70. The first-order chi connectivity index (χ1) is 8.10. The van der Waals surface area contributed by atoms with Gasteiger partial charge in [-0.05, 0) is 37.0 Å². The summed E-state index contributed by atoms with van der Waals surface area (Å²) in [6.07, 6.45) is 2.03. The molecule has 0 amide bonds. The van der Waals surface area contributed by atoms with Crippen molar-refractivity contribution >= 4 is 12.0 Å². The molecule has 0 saturated heterocycles. The number of halogens is 1. The Morgan fingerprint density at radius 3 is 2.76 bits per heavy atom. The Bertz CT molecular complexity index is 416. The molecule has 0 aromatic heterocycles. The van der Waals surface area contributed by atoms with Crippen LogP contribution in [-0.2, 0) is 0 Å². The Labute approximate surface area is 99.9 Å². The molecule has 1 aromatic rings. The fourth-order valence-corrected chi connectivity index (χ4v) is 2.24. The zero-order valence-corrected chi connectivity index (χ0v) is 9.77. The fourth-order valence-electron chi connectivity index (χ4n) is 2.24. The lowest BCUT2D eigenvalue weighted by Gasteiger charge is -2.35. The first-order valence-corrected chi connectivity index (χ1v) is 5.74. The zero-order valence-electron chi connectivity index (χ0n) is 9.77. The fraction of sp³-hybridized carbons (Fsp3) is 0.462. The summed E-state index contributed by atoms with van der Waals surface area (Å²) < 4.78 is 13.7. The first-order valence-electron chi connectivity index (χ1n) is 5.74. The van der Waals surface area contributed by atoms with Crippen molar-refractivity contribution in [2.75, 3.05) is 18.5 Å². The zero-order chi connectivity index (χ0) is 12.4. The molecule has 4 heteroatoms. The van der Waals surface area contributed by atoms with Crippen LogP contribution in [0.3, 0.4) is 0 Å². The van der Waals surface area contributed by atoms with Crippen LogP contribution in [0.4, 0.5) is 10.1 Å². The number of aldehydes is 1. The normalized spacial score (nSPS) is 23.0. The van der Waals surface area contributed by atoms with Crippen LogP contribution in [0.1, 0.15) is 23.2 Å². The summed E-state index contributed by atoms with van der Waals surface area (Å²) in [5, 5.41) is 9.19. The number of hydrogen-bond donors (Lipinski definition) is 1. The molecule has 0 aliphatic heterocycles. The van der Waals surface area contributed by atoms with Crippen LogP contribution in [0, 0.1) is 11.7 Å². The van der Waals surface area contributed by atoms with Gasteiger partial charge in [-0.25, -0.2) is 4.39 Å². The van der Waals surface area contributed by atoms with Gasteiger partial charge in [0.15, 0.2) is 0 Å². The van der Waals surface area contributed by atoms with Crippen LogP contribution in [0.15, 0.2) is 18.2 Å². The van der Waals surface area contributed by atoms with Crippen molar-refractivity contribution in [2.24, 2.45) is 5.92 Å². The van der Waals surface area contributed by atoms with Gasteiger partial charge in [-0.1, -0.05) is 0 Å². The van der Waals surface area contributed by atoms with E-state index >= 15 is 0 Å². The number of rotatable bonds is 4. The van der Waals surface area contributed by atoms with Crippen molar-refractivity contribution in [2.45, 2.75) is 18.9 Å². The largest absolute Gasteiger partial charge is 0.393 e. The van der Waals surface area contributed by atoms with Gasteiger partial charge in [-0.15, -0.1) is 0 Å². The Balaban J connectivity index is 2.03. The van der Waals surface area contributed by atoms with E-state index in [-0.39, 0.29) is 11.9 Å². The molecule has 1 N–H and O–H groups in total. The highest BCUT2D eigenvalue weighted by atomic mass is 19.1. The van der Waals surface area contributed by atoms with Gasteiger partial charge in [0, 0.05) is 19.2 Å². The van der Waals surface area contributed by atoms with E-state index in [2.05, 4.69) is 0 Å². The van der Waals surface area contributed by atoms with E-state index in [4.69, 9.17) is 0 Å². The number of aliphatic hydroxyl groups excluding tert-OH is 1. The van der Waals surface area contributed by atoms with Crippen molar-refractivity contribution in [3.8, 4) is 0 Å². The number of benzene rings is 1. The SMILES string of the molecule is CN(CC1CC(O)C1)c1ccc(C=O)cc1F. The number of carbonyl (C=O) groups is 1. The molecule has 1 aliphatic rings. The van der Waals surface area contributed by atoms with E-state index in [1.54, 1.807) is 12.1 Å². The molecule has 1 aromatic carbocycles. The van der Waals surface area contributed by atoms with E-state index in [0.717, 1.165) is 19.4 Å². The molecule has 1 fully saturated rings. The number of anilines is 1. The van der Waals surface area contributed by atoms with Crippen molar-refractivity contribution in [1.29, 1.82) is 0 Å². The maximum atomic E-state index is 13.7. The standard InChI is InChI=1S/C13H16FNO2/c1-15(7-10-4-11(17)5-10)13-3-2-9(8-16)6-12(13)14/h2-3,6,8,10-11,17H,4-5,7H2,1H3. The van der Waals surface area contributed by atoms with Gasteiger partial charge in [0.05, 0.1) is 11.8 Å². The van der Waals surface area contributed by atoms with Crippen LogP contribution in [0.5, 0.6) is 0 Å². The third-order valence-corrected chi connectivity index (χ3v) is 3.26. The van der Waals surface area contributed by atoms with Crippen LogP contribution in [0.25, 0.3) is 0 Å². The molecule has 3 nitrogen and oxygen atoms in total. The van der Waals surface area contributed by atoms with Crippen molar-refractivity contribution < 1.29 is 14.3 Å². The molecule has 0 heterocycles. The van der Waals surface area contributed by atoms with Crippen LogP contribution < -0.4 is 4.90 Å². The highest BCUT2D eigenvalue weighted by molar-refractivity contribution is 5.75. The van der Waals surface area contributed by atoms with Crippen LogP contribution >= 0.6 is 0 Å². The predicted molar refractivity (Wildman–Crippen MR) is 63.8 cm³/mol. The van der Waals surface area contributed by atoms with Crippen molar-refractivity contribution in [3.63, 3.8) is 0 Å². The molecule has 92 valence electrons. The van der Waals surface area contributed by atoms with Gasteiger partial charge >= 0.3 is 0 Å². The Kier molecular flexibility index (Phi) is 3.43. The molecule has 2 rings (SSSR count). The molecule has 0 unspecified atom stereocenters. The smallest absolute Gasteiger partial charge is 0.150 e. The maximum absolute atomic E-state index is 13.7. The van der Waals surface area contributed by atoms with Crippen molar-refractivity contribution in [3.05, 3.63) is 29.6 Å². The molecule has 0 atom stereocenters. The second-order valence-corrected chi connectivity index (χ2v) is 4.70. The average molecular weight is 237 g/mol. The maximum Gasteiger partial charge on any atom is 0.150 e. The van der Waals surface area contributed by atoms with E-state index in [1.807, 2.05) is 11.9 Å². The highest BCUT2D eigenvalue weighted by Crippen LogP contribution is 2.29. The molecule has 0 radical (unpaired) electrons. The monoisotopic (exact) mass is 237 g/mol. The van der Waals surface area contributed by atoms with E-state index in [1.165, 1.54) is 6.07 Å². The molecule has 1 aliphatic carbocycles. The van der Waals surface area contributed by atoms with E-state index in [0.29, 0.717) is 23.5 Å². The molecular formula is C13H16FNO2. The lowest BCUT2D eigenvalue weighted by Crippen LogP contribution is -2.37. The minimum Gasteiger partial charge on any atom is -0.393 e. The highest BCUT2D eigenvalue weighted by Gasteiger charge is 2.28. The summed E-state index contributed by atoms with van der Waals surface area (Å²) in [4.78, 5) is 12.3. The van der Waals surface area contributed by atoms with Gasteiger partial charge in [0.1, 0.15) is 12.1 Å². The molecule has 17 heavy (non-hydrogen) atoms. The molecule has 0 bridgehead atoms. The molecular weight excluding hydrogens is 221 g/mol. The summed E-state index contributed by atoms with van der Waals surface area (Å²) in [6, 6.07) is 4.47. The minimum absolute atomic E-state index is 0.185. The van der Waals surface area contributed by atoms with E-state index in [9.17, 15) is 14.3 Å². The van der Waals surface area contributed by atoms with E-state index < -0.39 is 0 Å².